The normalized spacial score (nSPS) is 27.6. The molecule has 7 heteroatoms. The highest BCUT2D eigenvalue weighted by Gasteiger charge is 2.42. The number of amides is 3. The van der Waals surface area contributed by atoms with Gasteiger partial charge in [-0.2, -0.15) is 11.8 Å². The van der Waals surface area contributed by atoms with E-state index in [4.69, 9.17) is 0 Å². The number of nitrogens with one attached hydrogen (secondary N) is 3. The molecule has 0 saturated carbocycles. The van der Waals surface area contributed by atoms with Gasteiger partial charge < -0.3 is 16.0 Å². The highest BCUT2D eigenvalue weighted by molar-refractivity contribution is 8.00. The van der Waals surface area contributed by atoms with Crippen LogP contribution in [0.4, 0.5) is 4.79 Å². The number of fused-ring (bicyclic) bond motifs is 1. The highest BCUT2D eigenvalue weighted by Crippen LogP contribution is 2.33. The van der Waals surface area contributed by atoms with Crippen LogP contribution >= 0.6 is 11.8 Å². The summed E-state index contributed by atoms with van der Waals surface area (Å²) < 4.78 is 0. The van der Waals surface area contributed by atoms with Crippen molar-refractivity contribution in [2.75, 3.05) is 12.3 Å². The number of unbranched alkanes of at least 4 members (excludes halogenated alkanes) is 1. The lowest BCUT2D eigenvalue weighted by atomic mass is 10.0. The predicted molar refractivity (Wildman–Crippen MR) is 77.6 cm³/mol. The van der Waals surface area contributed by atoms with Crippen LogP contribution in [0.2, 0.25) is 0 Å². The molecule has 2 fully saturated rings. The van der Waals surface area contributed by atoms with E-state index < -0.39 is 0 Å². The number of carbonyl (C=O) groups excluding carboxylic acids is 3. The topological polar surface area (TPSA) is 87.3 Å². The summed E-state index contributed by atoms with van der Waals surface area (Å²) in [6.45, 7) is 1.58. The zero-order valence-electron chi connectivity index (χ0n) is 11.6. The van der Waals surface area contributed by atoms with E-state index in [1.165, 1.54) is 6.92 Å². The van der Waals surface area contributed by atoms with E-state index in [0.717, 1.165) is 25.0 Å². The summed E-state index contributed by atoms with van der Waals surface area (Å²) in [5.41, 5.74) is 0. The van der Waals surface area contributed by atoms with E-state index in [1.54, 1.807) is 0 Å². The lowest BCUT2D eigenvalue weighted by Crippen LogP contribution is -2.36. The van der Waals surface area contributed by atoms with Gasteiger partial charge in [0, 0.05) is 17.4 Å². The molecule has 0 bridgehead atoms. The Kier molecular flexibility index (Phi) is 5.28. The van der Waals surface area contributed by atoms with Crippen molar-refractivity contribution < 1.29 is 14.4 Å². The molecule has 2 saturated heterocycles. The molecule has 112 valence electrons. The molecular formula is C13H21N3O3S. The summed E-state index contributed by atoms with van der Waals surface area (Å²) in [5, 5.41) is 8.91. The minimum absolute atomic E-state index is 0.0313. The van der Waals surface area contributed by atoms with Crippen LogP contribution in [0.5, 0.6) is 0 Å². The fourth-order valence-corrected chi connectivity index (χ4v) is 4.13. The maximum Gasteiger partial charge on any atom is 0.315 e. The van der Waals surface area contributed by atoms with Crippen molar-refractivity contribution >= 4 is 29.5 Å². The van der Waals surface area contributed by atoms with Crippen molar-refractivity contribution in [3.63, 3.8) is 0 Å². The van der Waals surface area contributed by atoms with E-state index in [-0.39, 0.29) is 36.3 Å². The molecule has 0 radical (unpaired) electrons. The van der Waals surface area contributed by atoms with E-state index >= 15 is 0 Å². The largest absolute Gasteiger partial charge is 0.349 e. The monoisotopic (exact) mass is 299 g/mol. The molecular weight excluding hydrogens is 278 g/mol. The fourth-order valence-electron chi connectivity index (χ4n) is 2.59. The molecule has 3 amide bonds. The van der Waals surface area contributed by atoms with Gasteiger partial charge in [-0.25, -0.2) is 4.79 Å². The Labute approximate surface area is 122 Å². The molecule has 0 aromatic rings. The smallest absolute Gasteiger partial charge is 0.315 e. The van der Waals surface area contributed by atoms with Crippen molar-refractivity contribution in [3.05, 3.63) is 0 Å². The van der Waals surface area contributed by atoms with Crippen molar-refractivity contribution in [1.82, 2.24) is 16.0 Å². The summed E-state index contributed by atoms with van der Waals surface area (Å²) in [6, 6.07) is 0.435. The van der Waals surface area contributed by atoms with Gasteiger partial charge in [-0.3, -0.25) is 9.59 Å². The highest BCUT2D eigenvalue weighted by atomic mass is 32.2. The maximum absolute atomic E-state index is 11.4. The van der Waals surface area contributed by atoms with E-state index in [2.05, 4.69) is 16.0 Å². The standard InChI is InChI=1S/C13H21N3O3S/c1-8(17)6-14-11(18)5-3-2-4-10-12-9(7-20-10)15-13(19)16-12/h9-10,12H,2-7H2,1H3,(H,14,18)(H2,15,16,19). The summed E-state index contributed by atoms with van der Waals surface area (Å²) in [6.07, 6.45) is 3.25. The van der Waals surface area contributed by atoms with Crippen LogP contribution in [0.25, 0.3) is 0 Å². The Bertz CT molecular complexity index is 402. The molecule has 0 aromatic heterocycles. The lowest BCUT2D eigenvalue weighted by molar-refractivity contribution is -0.124. The Balaban J connectivity index is 1.58. The molecule has 2 aliphatic rings. The number of urea groups is 1. The summed E-state index contributed by atoms with van der Waals surface area (Å²) in [7, 11) is 0. The molecule has 2 aliphatic heterocycles. The molecule has 0 spiro atoms. The van der Waals surface area contributed by atoms with Gasteiger partial charge in [0.15, 0.2) is 0 Å². The first kappa shape index (κ1) is 15.2. The molecule has 20 heavy (non-hydrogen) atoms. The van der Waals surface area contributed by atoms with Crippen molar-refractivity contribution in [1.29, 1.82) is 0 Å². The van der Waals surface area contributed by atoms with Gasteiger partial charge in [-0.15, -0.1) is 0 Å². The summed E-state index contributed by atoms with van der Waals surface area (Å²) in [4.78, 5) is 33.4. The zero-order chi connectivity index (χ0) is 14.5. The average molecular weight is 299 g/mol. The zero-order valence-corrected chi connectivity index (χ0v) is 12.4. The second kappa shape index (κ2) is 6.97. The number of ketones is 1. The predicted octanol–water partition coefficient (Wildman–Crippen LogP) is 0.417. The average Bonchev–Trinajstić information content (AvgIpc) is 2.92. The number of carbonyl (C=O) groups is 3. The van der Waals surface area contributed by atoms with Crippen molar-refractivity contribution in [3.8, 4) is 0 Å². The first-order chi connectivity index (χ1) is 9.56. The number of thioether (sulfide) groups is 1. The van der Waals surface area contributed by atoms with Crippen LogP contribution in [-0.4, -0.2) is 47.4 Å². The van der Waals surface area contributed by atoms with Gasteiger partial charge in [0.25, 0.3) is 0 Å². The van der Waals surface area contributed by atoms with Gasteiger partial charge in [-0.1, -0.05) is 6.42 Å². The van der Waals surface area contributed by atoms with E-state index in [0.29, 0.717) is 11.7 Å². The Hall–Kier alpha value is -1.24. The SMILES string of the molecule is CC(=O)CNC(=O)CCCCC1SCC2NC(=O)NC21. The first-order valence-electron chi connectivity index (χ1n) is 7.01. The molecule has 0 aromatic carbocycles. The third-order valence-electron chi connectivity index (χ3n) is 3.62. The van der Waals surface area contributed by atoms with Gasteiger partial charge in [0.05, 0.1) is 18.6 Å². The van der Waals surface area contributed by atoms with Crippen LogP contribution < -0.4 is 16.0 Å². The van der Waals surface area contributed by atoms with Crippen LogP contribution in [0.3, 0.4) is 0 Å². The van der Waals surface area contributed by atoms with Gasteiger partial charge in [0.2, 0.25) is 5.91 Å². The maximum atomic E-state index is 11.4. The molecule has 0 aliphatic carbocycles. The molecule has 2 heterocycles. The van der Waals surface area contributed by atoms with Gasteiger partial charge in [0.1, 0.15) is 5.78 Å². The summed E-state index contributed by atoms with van der Waals surface area (Å²) >= 11 is 1.89. The van der Waals surface area contributed by atoms with E-state index in [1.807, 2.05) is 11.8 Å². The van der Waals surface area contributed by atoms with Crippen LogP contribution in [0, 0.1) is 0 Å². The molecule has 3 atom stereocenters. The Morgan fingerprint density at radius 1 is 1.35 bits per heavy atom. The minimum Gasteiger partial charge on any atom is -0.349 e. The number of hydrogen-bond acceptors (Lipinski definition) is 4. The van der Waals surface area contributed by atoms with Crippen LogP contribution in [0.1, 0.15) is 32.6 Å². The summed E-state index contributed by atoms with van der Waals surface area (Å²) in [5.74, 6) is 0.872. The number of rotatable bonds is 7. The van der Waals surface area contributed by atoms with Crippen molar-refractivity contribution in [2.24, 2.45) is 0 Å². The van der Waals surface area contributed by atoms with Gasteiger partial charge in [-0.05, 0) is 19.8 Å². The quantitative estimate of drug-likeness (QED) is 0.469. The van der Waals surface area contributed by atoms with E-state index in [9.17, 15) is 14.4 Å². The third kappa shape index (κ3) is 4.13. The number of Topliss-reactive ketones (excluding diaryl/α,β-unsaturated/α-hetero) is 1. The van der Waals surface area contributed by atoms with Crippen molar-refractivity contribution in [2.45, 2.75) is 49.9 Å². The third-order valence-corrected chi connectivity index (χ3v) is 5.12. The fraction of sp³-hybridized carbons (Fsp3) is 0.769. The molecule has 2 rings (SSSR count). The molecule has 3 unspecified atom stereocenters. The molecule has 3 N–H and O–H groups in total. The molecule has 6 nitrogen and oxygen atoms in total. The second-order valence-corrected chi connectivity index (χ2v) is 6.62. The number of hydrogen-bond donors (Lipinski definition) is 3. The first-order valence-corrected chi connectivity index (χ1v) is 8.06. The second-order valence-electron chi connectivity index (χ2n) is 5.35. The van der Waals surface area contributed by atoms with Gasteiger partial charge >= 0.3 is 6.03 Å². The van der Waals surface area contributed by atoms with Crippen LogP contribution in [0.15, 0.2) is 0 Å². The Morgan fingerprint density at radius 3 is 2.90 bits per heavy atom. The lowest BCUT2D eigenvalue weighted by Gasteiger charge is -2.16. The Morgan fingerprint density at radius 2 is 2.15 bits per heavy atom. The van der Waals surface area contributed by atoms with Crippen LogP contribution in [-0.2, 0) is 9.59 Å². The minimum atomic E-state index is -0.0620.